The van der Waals surface area contributed by atoms with Gasteiger partial charge in [-0.05, 0) is 31.8 Å². The van der Waals surface area contributed by atoms with Crippen LogP contribution in [0.2, 0.25) is 0 Å². The van der Waals surface area contributed by atoms with Crippen LogP contribution in [0, 0.1) is 11.8 Å². The van der Waals surface area contributed by atoms with Gasteiger partial charge in [-0.15, -0.1) is 11.8 Å². The average Bonchev–Trinajstić information content (AvgIpc) is 2.43. The minimum atomic E-state index is -0.251. The highest BCUT2D eigenvalue weighted by atomic mass is 16.5. The van der Waals surface area contributed by atoms with Crippen molar-refractivity contribution in [3.05, 3.63) is 12.3 Å². The summed E-state index contributed by atoms with van der Waals surface area (Å²) in [4.78, 5) is 10.5. The van der Waals surface area contributed by atoms with E-state index >= 15 is 0 Å². The molecule has 0 unspecified atom stereocenters. The summed E-state index contributed by atoms with van der Waals surface area (Å²) in [7, 11) is 0. The van der Waals surface area contributed by atoms with Crippen molar-refractivity contribution in [1.29, 1.82) is 0 Å². The fraction of sp³-hybridized carbons (Fsp3) is 0.722. The molecular formula is C18H30O2. The van der Waals surface area contributed by atoms with E-state index in [1.807, 2.05) is 6.08 Å². The molecule has 0 N–H and O–H groups in total. The van der Waals surface area contributed by atoms with Gasteiger partial charge in [-0.3, -0.25) is 4.79 Å². The van der Waals surface area contributed by atoms with Crippen molar-refractivity contribution in [2.45, 2.75) is 84.5 Å². The van der Waals surface area contributed by atoms with E-state index in [0.29, 0.717) is 0 Å². The molecule has 0 fully saturated rings. The largest absolute Gasteiger partial charge is 0.435 e. The molecule has 0 bridgehead atoms. The van der Waals surface area contributed by atoms with Gasteiger partial charge in [0.05, 0.1) is 6.26 Å². The Bertz CT molecular complexity index is 307. The molecule has 2 heteroatoms. The van der Waals surface area contributed by atoms with Crippen LogP contribution in [0.3, 0.4) is 0 Å². The number of esters is 1. The highest BCUT2D eigenvalue weighted by Gasteiger charge is 1.90. The lowest BCUT2D eigenvalue weighted by atomic mass is 10.1. The summed E-state index contributed by atoms with van der Waals surface area (Å²) < 4.78 is 4.72. The number of ether oxygens (including phenoxy) is 1. The van der Waals surface area contributed by atoms with Gasteiger partial charge in [0.25, 0.3) is 0 Å². The molecule has 0 rings (SSSR count). The molecule has 0 amide bonds. The molecule has 0 saturated heterocycles. The lowest BCUT2D eigenvalue weighted by Crippen LogP contribution is -1.89. The molecule has 0 radical (unpaired) electrons. The lowest BCUT2D eigenvalue weighted by Gasteiger charge is -1.98. The summed E-state index contributed by atoms with van der Waals surface area (Å²) in [6.07, 6.45) is 16.6. The number of unbranched alkanes of at least 4 members (excludes halogenated alkanes) is 9. The molecule has 0 heterocycles. The zero-order valence-electron chi connectivity index (χ0n) is 13.2. The second kappa shape index (κ2) is 15.8. The topological polar surface area (TPSA) is 26.3 Å². The zero-order chi connectivity index (χ0) is 14.9. The predicted octanol–water partition coefficient (Wildman–Crippen LogP) is 5.38. The molecule has 114 valence electrons. The Morgan fingerprint density at radius 2 is 1.55 bits per heavy atom. The third kappa shape index (κ3) is 16.8. The van der Waals surface area contributed by atoms with E-state index in [1.54, 1.807) is 0 Å². The third-order valence-electron chi connectivity index (χ3n) is 3.03. The molecule has 0 aromatic rings. The van der Waals surface area contributed by atoms with Crippen LogP contribution in [-0.4, -0.2) is 5.97 Å². The summed E-state index contributed by atoms with van der Waals surface area (Å²) >= 11 is 0. The van der Waals surface area contributed by atoms with Gasteiger partial charge in [-0.1, -0.05) is 39.0 Å². The van der Waals surface area contributed by atoms with Gasteiger partial charge in [0.1, 0.15) is 0 Å². The first-order chi connectivity index (χ1) is 9.77. The van der Waals surface area contributed by atoms with E-state index in [9.17, 15) is 4.79 Å². The number of rotatable bonds is 11. The van der Waals surface area contributed by atoms with E-state index in [-0.39, 0.29) is 5.97 Å². The van der Waals surface area contributed by atoms with Crippen molar-refractivity contribution in [3.8, 4) is 11.8 Å². The quantitative estimate of drug-likeness (QED) is 0.219. The van der Waals surface area contributed by atoms with Crippen LogP contribution >= 0.6 is 0 Å². The molecule has 0 aliphatic heterocycles. The van der Waals surface area contributed by atoms with E-state index in [0.717, 1.165) is 19.3 Å². The first kappa shape index (κ1) is 18.8. The summed E-state index contributed by atoms with van der Waals surface area (Å²) in [5.41, 5.74) is 0. The minimum absolute atomic E-state index is 0.251. The van der Waals surface area contributed by atoms with Gasteiger partial charge in [-0.25, -0.2) is 0 Å². The third-order valence-corrected chi connectivity index (χ3v) is 3.03. The number of allylic oxidation sites excluding steroid dienone is 1. The number of carbonyl (C=O) groups is 1. The Labute approximate surface area is 125 Å². The van der Waals surface area contributed by atoms with Crippen molar-refractivity contribution < 1.29 is 9.53 Å². The van der Waals surface area contributed by atoms with Crippen LogP contribution in [0.25, 0.3) is 0 Å². The van der Waals surface area contributed by atoms with Gasteiger partial charge >= 0.3 is 5.97 Å². The summed E-state index contributed by atoms with van der Waals surface area (Å²) in [6.45, 7) is 3.62. The Morgan fingerprint density at radius 3 is 2.20 bits per heavy atom. The molecule has 0 aromatic carbocycles. The average molecular weight is 278 g/mol. The minimum Gasteiger partial charge on any atom is -0.435 e. The monoisotopic (exact) mass is 278 g/mol. The fourth-order valence-electron chi connectivity index (χ4n) is 1.84. The van der Waals surface area contributed by atoms with Crippen LogP contribution in [0.15, 0.2) is 12.3 Å². The van der Waals surface area contributed by atoms with Crippen molar-refractivity contribution in [2.75, 3.05) is 0 Å². The molecule has 0 aromatic heterocycles. The van der Waals surface area contributed by atoms with Gasteiger partial charge < -0.3 is 4.74 Å². The highest BCUT2D eigenvalue weighted by Crippen LogP contribution is 2.08. The first-order valence-corrected chi connectivity index (χ1v) is 8.05. The number of carbonyl (C=O) groups excluding carboxylic acids is 1. The predicted molar refractivity (Wildman–Crippen MR) is 85.1 cm³/mol. The van der Waals surface area contributed by atoms with Crippen LogP contribution in [0.4, 0.5) is 0 Å². The fourth-order valence-corrected chi connectivity index (χ4v) is 1.84. The number of hydrogen-bond donors (Lipinski definition) is 0. The van der Waals surface area contributed by atoms with E-state index in [1.165, 1.54) is 64.6 Å². The van der Waals surface area contributed by atoms with Crippen LogP contribution in [0.5, 0.6) is 0 Å². The SMILES string of the molecule is CCCCC#CCCCCCCCC/C=C\OC(C)=O. The van der Waals surface area contributed by atoms with Gasteiger partial charge in [0.2, 0.25) is 0 Å². The standard InChI is InChI=1S/C18H30O2/c1-3-4-5-6-7-8-9-10-11-12-13-14-15-16-17-20-18(2)19/h16-17H,3-5,8-15H2,1-2H3/b17-16-. The Morgan fingerprint density at radius 1 is 0.950 bits per heavy atom. The van der Waals surface area contributed by atoms with Crippen LogP contribution < -0.4 is 0 Å². The van der Waals surface area contributed by atoms with Crippen molar-refractivity contribution in [2.24, 2.45) is 0 Å². The Hall–Kier alpha value is -1.23. The van der Waals surface area contributed by atoms with Crippen LogP contribution in [-0.2, 0) is 9.53 Å². The van der Waals surface area contributed by atoms with E-state index < -0.39 is 0 Å². The van der Waals surface area contributed by atoms with Gasteiger partial charge in [0.15, 0.2) is 0 Å². The second-order valence-electron chi connectivity index (χ2n) is 5.10. The summed E-state index contributed by atoms with van der Waals surface area (Å²) in [6, 6.07) is 0. The maximum absolute atomic E-state index is 10.5. The smallest absolute Gasteiger partial charge is 0.307 e. The van der Waals surface area contributed by atoms with Crippen molar-refractivity contribution >= 4 is 5.97 Å². The van der Waals surface area contributed by atoms with E-state index in [4.69, 9.17) is 4.74 Å². The molecule has 0 aliphatic carbocycles. The summed E-state index contributed by atoms with van der Waals surface area (Å²) in [5, 5.41) is 0. The van der Waals surface area contributed by atoms with Crippen LogP contribution in [0.1, 0.15) is 84.5 Å². The van der Waals surface area contributed by atoms with E-state index in [2.05, 4.69) is 18.8 Å². The molecular weight excluding hydrogens is 248 g/mol. The zero-order valence-corrected chi connectivity index (χ0v) is 13.2. The Balaban J connectivity index is 3.14. The Kier molecular flexibility index (Phi) is 14.9. The van der Waals surface area contributed by atoms with Gasteiger partial charge in [-0.2, -0.15) is 0 Å². The maximum atomic E-state index is 10.5. The molecule has 0 saturated carbocycles. The second-order valence-corrected chi connectivity index (χ2v) is 5.10. The van der Waals surface area contributed by atoms with Crippen molar-refractivity contribution in [3.63, 3.8) is 0 Å². The molecule has 20 heavy (non-hydrogen) atoms. The molecule has 0 spiro atoms. The maximum Gasteiger partial charge on any atom is 0.307 e. The summed E-state index contributed by atoms with van der Waals surface area (Å²) in [5.74, 6) is 6.23. The highest BCUT2D eigenvalue weighted by molar-refractivity contribution is 5.66. The number of hydrogen-bond acceptors (Lipinski definition) is 2. The molecule has 0 atom stereocenters. The molecule has 0 aliphatic rings. The first-order valence-electron chi connectivity index (χ1n) is 8.05. The normalized spacial score (nSPS) is 10.3. The molecule has 2 nitrogen and oxygen atoms in total. The van der Waals surface area contributed by atoms with Gasteiger partial charge in [0, 0.05) is 19.8 Å². The van der Waals surface area contributed by atoms with Crippen molar-refractivity contribution in [1.82, 2.24) is 0 Å². The lowest BCUT2D eigenvalue weighted by molar-refractivity contribution is -0.135.